The average molecular weight is 303 g/mol. The molecule has 1 aromatic carbocycles. The first-order valence-electron chi connectivity index (χ1n) is 5.74. The number of nitrogens with two attached hydrogens (primary N) is 1. The lowest BCUT2D eigenvalue weighted by Gasteiger charge is -2.04. The highest BCUT2D eigenvalue weighted by molar-refractivity contribution is 8.00. The molecule has 0 saturated carbocycles. The fourth-order valence-corrected chi connectivity index (χ4v) is 3.97. The summed E-state index contributed by atoms with van der Waals surface area (Å²) in [5.74, 6) is -0.339. The van der Waals surface area contributed by atoms with Gasteiger partial charge in [0.15, 0.2) is 9.84 Å². The molecule has 0 radical (unpaired) electrons. The highest BCUT2D eigenvalue weighted by Gasteiger charge is 2.12. The molecular formula is C12H17NO4S2. The molecule has 0 aliphatic carbocycles. The fraction of sp³-hybridized carbons (Fsp3) is 0.417. The third kappa shape index (κ3) is 6.60. The van der Waals surface area contributed by atoms with Crippen molar-refractivity contribution >= 4 is 27.5 Å². The summed E-state index contributed by atoms with van der Waals surface area (Å²) in [4.78, 5) is 11.5. The maximum Gasteiger partial charge on any atom is 0.218 e. The molecule has 0 aromatic heterocycles. The summed E-state index contributed by atoms with van der Waals surface area (Å²) in [5.41, 5.74) is 5.74. The van der Waals surface area contributed by atoms with Crippen LogP contribution >= 0.6 is 11.8 Å². The van der Waals surface area contributed by atoms with E-state index in [0.717, 1.165) is 10.5 Å². The molecular weight excluding hydrogens is 286 g/mol. The van der Waals surface area contributed by atoms with E-state index < -0.39 is 15.7 Å². The van der Waals surface area contributed by atoms with E-state index in [4.69, 9.17) is 10.8 Å². The number of amides is 1. The Morgan fingerprint density at radius 1 is 1.21 bits per heavy atom. The van der Waals surface area contributed by atoms with Crippen LogP contribution in [0.2, 0.25) is 0 Å². The SMILES string of the molecule is NC(=O)CCS(=O)(=O)CCSc1ccc(CO)cc1. The van der Waals surface area contributed by atoms with Gasteiger partial charge in [0.05, 0.1) is 18.1 Å². The maximum absolute atomic E-state index is 11.6. The quantitative estimate of drug-likeness (QED) is 0.684. The third-order valence-corrected chi connectivity index (χ3v) is 5.35. The Hall–Kier alpha value is -1.05. The Labute approximate surface area is 117 Å². The summed E-state index contributed by atoms with van der Waals surface area (Å²) in [7, 11) is -3.22. The normalized spacial score (nSPS) is 11.4. The lowest BCUT2D eigenvalue weighted by molar-refractivity contribution is -0.117. The fourth-order valence-electron chi connectivity index (χ4n) is 1.34. The van der Waals surface area contributed by atoms with Crippen LogP contribution in [0.1, 0.15) is 12.0 Å². The van der Waals surface area contributed by atoms with Crippen LogP contribution in [-0.2, 0) is 21.2 Å². The van der Waals surface area contributed by atoms with E-state index in [1.807, 2.05) is 12.1 Å². The van der Waals surface area contributed by atoms with Gasteiger partial charge in [-0.05, 0) is 17.7 Å². The van der Waals surface area contributed by atoms with Crippen LogP contribution in [0.25, 0.3) is 0 Å². The molecule has 0 heterocycles. The average Bonchev–Trinajstić information content (AvgIpc) is 2.37. The van der Waals surface area contributed by atoms with Gasteiger partial charge in [-0.3, -0.25) is 4.79 Å². The monoisotopic (exact) mass is 303 g/mol. The van der Waals surface area contributed by atoms with E-state index in [0.29, 0.717) is 5.75 Å². The minimum Gasteiger partial charge on any atom is -0.392 e. The number of sulfone groups is 1. The highest BCUT2D eigenvalue weighted by Crippen LogP contribution is 2.18. The van der Waals surface area contributed by atoms with E-state index in [-0.39, 0.29) is 24.5 Å². The Morgan fingerprint density at radius 3 is 2.37 bits per heavy atom. The predicted molar refractivity (Wildman–Crippen MR) is 75.6 cm³/mol. The van der Waals surface area contributed by atoms with Crippen molar-refractivity contribution in [2.75, 3.05) is 17.3 Å². The summed E-state index contributed by atoms with van der Waals surface area (Å²) in [5, 5.41) is 8.89. The van der Waals surface area contributed by atoms with Gasteiger partial charge in [-0.25, -0.2) is 8.42 Å². The molecule has 0 aliphatic rings. The first-order chi connectivity index (χ1) is 8.93. The van der Waals surface area contributed by atoms with Gasteiger partial charge in [0.1, 0.15) is 0 Å². The maximum atomic E-state index is 11.6. The van der Waals surface area contributed by atoms with Crippen LogP contribution in [0, 0.1) is 0 Å². The van der Waals surface area contributed by atoms with E-state index >= 15 is 0 Å². The summed E-state index contributed by atoms with van der Waals surface area (Å²) in [6.07, 6.45) is -0.127. The highest BCUT2D eigenvalue weighted by atomic mass is 32.2. The number of carbonyl (C=O) groups excluding carboxylic acids is 1. The van der Waals surface area contributed by atoms with E-state index in [1.54, 1.807) is 12.1 Å². The number of aliphatic hydroxyl groups is 1. The molecule has 5 nitrogen and oxygen atoms in total. The molecule has 19 heavy (non-hydrogen) atoms. The van der Waals surface area contributed by atoms with Gasteiger partial charge in [0.2, 0.25) is 5.91 Å². The number of hydrogen-bond acceptors (Lipinski definition) is 5. The molecule has 1 rings (SSSR count). The molecule has 1 aromatic rings. The van der Waals surface area contributed by atoms with Crippen molar-refractivity contribution in [2.24, 2.45) is 5.73 Å². The zero-order chi connectivity index (χ0) is 14.3. The Morgan fingerprint density at radius 2 is 1.84 bits per heavy atom. The first-order valence-corrected chi connectivity index (χ1v) is 8.55. The van der Waals surface area contributed by atoms with Gasteiger partial charge >= 0.3 is 0 Å². The number of benzene rings is 1. The zero-order valence-corrected chi connectivity index (χ0v) is 12.0. The number of thioether (sulfide) groups is 1. The van der Waals surface area contributed by atoms with Gasteiger partial charge in [0.25, 0.3) is 0 Å². The first kappa shape index (κ1) is 16.0. The molecule has 0 spiro atoms. The topological polar surface area (TPSA) is 97.5 Å². The smallest absolute Gasteiger partial charge is 0.218 e. The van der Waals surface area contributed by atoms with Crippen LogP contribution in [0.5, 0.6) is 0 Å². The second kappa shape index (κ2) is 7.52. The standard InChI is InChI=1S/C12H17NO4S2/c13-12(15)5-7-19(16,17)8-6-18-11-3-1-10(9-14)2-4-11/h1-4,14H,5-9H2,(H2,13,15). The molecule has 0 unspecified atom stereocenters. The molecule has 0 atom stereocenters. The summed E-state index contributed by atoms with van der Waals surface area (Å²) in [6.45, 7) is -0.00750. The van der Waals surface area contributed by atoms with Gasteiger partial charge in [-0.1, -0.05) is 12.1 Å². The van der Waals surface area contributed by atoms with Crippen LogP contribution in [-0.4, -0.2) is 36.7 Å². The number of carbonyl (C=O) groups is 1. The van der Waals surface area contributed by atoms with Crippen molar-refractivity contribution in [2.45, 2.75) is 17.9 Å². The van der Waals surface area contributed by atoms with Crippen molar-refractivity contribution in [3.05, 3.63) is 29.8 Å². The third-order valence-electron chi connectivity index (χ3n) is 2.43. The largest absolute Gasteiger partial charge is 0.392 e. The van der Waals surface area contributed by atoms with E-state index in [9.17, 15) is 13.2 Å². The Kier molecular flexibility index (Phi) is 6.33. The van der Waals surface area contributed by atoms with Crippen LogP contribution in [0.4, 0.5) is 0 Å². The van der Waals surface area contributed by atoms with Crippen LogP contribution in [0.15, 0.2) is 29.2 Å². The van der Waals surface area contributed by atoms with Crippen molar-refractivity contribution in [1.29, 1.82) is 0 Å². The van der Waals surface area contributed by atoms with Crippen molar-refractivity contribution in [3.8, 4) is 0 Å². The summed E-state index contributed by atoms with van der Waals surface area (Å²) >= 11 is 1.42. The molecule has 0 aliphatic heterocycles. The van der Waals surface area contributed by atoms with Crippen molar-refractivity contribution < 1.29 is 18.3 Å². The van der Waals surface area contributed by atoms with Crippen LogP contribution in [0.3, 0.4) is 0 Å². The summed E-state index contributed by atoms with van der Waals surface area (Å²) < 4.78 is 23.1. The lowest BCUT2D eigenvalue weighted by Crippen LogP contribution is -2.19. The van der Waals surface area contributed by atoms with Gasteiger partial charge < -0.3 is 10.8 Å². The number of primary amides is 1. The van der Waals surface area contributed by atoms with Gasteiger partial charge in [0, 0.05) is 17.1 Å². The van der Waals surface area contributed by atoms with Crippen molar-refractivity contribution in [1.82, 2.24) is 0 Å². The molecule has 0 fully saturated rings. The number of rotatable bonds is 8. The number of hydrogen-bond donors (Lipinski definition) is 2. The predicted octanol–water partition coefficient (Wildman–Crippen LogP) is 0.561. The van der Waals surface area contributed by atoms with Gasteiger partial charge in [-0.2, -0.15) is 0 Å². The molecule has 3 N–H and O–H groups in total. The minimum atomic E-state index is -3.22. The molecule has 0 saturated heterocycles. The second-order valence-electron chi connectivity index (χ2n) is 4.02. The Balaban J connectivity index is 2.38. The second-order valence-corrected chi connectivity index (χ2v) is 7.49. The molecule has 1 amide bonds. The summed E-state index contributed by atoms with van der Waals surface area (Å²) in [6, 6.07) is 7.27. The minimum absolute atomic E-state index is 0.00750. The molecule has 7 heteroatoms. The van der Waals surface area contributed by atoms with Crippen LogP contribution < -0.4 is 5.73 Å². The van der Waals surface area contributed by atoms with E-state index in [2.05, 4.69) is 0 Å². The number of aliphatic hydroxyl groups excluding tert-OH is 1. The molecule has 106 valence electrons. The zero-order valence-electron chi connectivity index (χ0n) is 10.4. The van der Waals surface area contributed by atoms with Crippen molar-refractivity contribution in [3.63, 3.8) is 0 Å². The van der Waals surface area contributed by atoms with E-state index in [1.165, 1.54) is 11.8 Å². The lowest BCUT2D eigenvalue weighted by atomic mass is 10.2. The molecule has 0 bridgehead atoms. The Bertz CT molecular complexity index is 511. The van der Waals surface area contributed by atoms with Gasteiger partial charge in [-0.15, -0.1) is 11.8 Å².